The Balaban J connectivity index is 2.69. The third-order valence-electron chi connectivity index (χ3n) is 2.95. The van der Waals surface area contributed by atoms with E-state index in [0.717, 1.165) is 11.1 Å². The van der Waals surface area contributed by atoms with Crippen molar-refractivity contribution < 1.29 is 15.3 Å². The molecule has 0 saturated carbocycles. The third-order valence-corrected chi connectivity index (χ3v) is 2.95. The summed E-state index contributed by atoms with van der Waals surface area (Å²) in [4.78, 5) is 0. The zero-order chi connectivity index (χ0) is 12.6. The fourth-order valence-electron chi connectivity index (χ4n) is 1.81. The van der Waals surface area contributed by atoms with E-state index in [0.29, 0.717) is 11.1 Å². The molecule has 0 saturated heterocycles. The topological polar surface area (TPSA) is 60.7 Å². The Morgan fingerprint density at radius 3 is 1.94 bits per heavy atom. The fraction of sp³-hybridized carbons (Fsp3) is 0.143. The van der Waals surface area contributed by atoms with Gasteiger partial charge in [-0.2, -0.15) is 0 Å². The van der Waals surface area contributed by atoms with Crippen molar-refractivity contribution in [1.29, 1.82) is 0 Å². The van der Waals surface area contributed by atoms with Crippen molar-refractivity contribution in [2.24, 2.45) is 0 Å². The Bertz CT molecular complexity index is 530. The smallest absolute Gasteiger partial charge is 0.127 e. The summed E-state index contributed by atoms with van der Waals surface area (Å²) in [7, 11) is 0. The highest BCUT2D eigenvalue weighted by molar-refractivity contribution is 5.77. The summed E-state index contributed by atoms with van der Waals surface area (Å²) in [6.45, 7) is 3.69. The van der Waals surface area contributed by atoms with Crippen molar-refractivity contribution in [3.8, 4) is 28.4 Å². The maximum atomic E-state index is 9.76. The van der Waals surface area contributed by atoms with Gasteiger partial charge in [-0.1, -0.05) is 12.1 Å². The van der Waals surface area contributed by atoms with Gasteiger partial charge in [0.25, 0.3) is 0 Å². The minimum absolute atomic E-state index is 0.00680. The first kappa shape index (κ1) is 11.3. The zero-order valence-electron chi connectivity index (χ0n) is 9.73. The van der Waals surface area contributed by atoms with Crippen molar-refractivity contribution in [2.75, 3.05) is 0 Å². The second kappa shape index (κ2) is 4.01. The highest BCUT2D eigenvalue weighted by Gasteiger charge is 2.12. The molecule has 3 heteroatoms. The predicted molar refractivity (Wildman–Crippen MR) is 66.3 cm³/mol. The highest BCUT2D eigenvalue weighted by atomic mass is 16.3. The van der Waals surface area contributed by atoms with Gasteiger partial charge in [-0.25, -0.2) is 0 Å². The van der Waals surface area contributed by atoms with Crippen LogP contribution in [0.3, 0.4) is 0 Å². The average molecular weight is 230 g/mol. The minimum Gasteiger partial charge on any atom is -0.508 e. The predicted octanol–water partition coefficient (Wildman–Crippen LogP) is 3.09. The number of hydrogen-bond acceptors (Lipinski definition) is 3. The number of hydrogen-bond donors (Lipinski definition) is 3. The Morgan fingerprint density at radius 1 is 0.824 bits per heavy atom. The monoisotopic (exact) mass is 230 g/mol. The van der Waals surface area contributed by atoms with Crippen LogP contribution in [0.25, 0.3) is 11.1 Å². The van der Waals surface area contributed by atoms with Gasteiger partial charge in [-0.15, -0.1) is 0 Å². The van der Waals surface area contributed by atoms with Crippen LogP contribution in [-0.4, -0.2) is 15.3 Å². The normalized spacial score (nSPS) is 10.5. The molecule has 0 heterocycles. The number of phenolic OH excluding ortho intramolecular Hbond substituents is 3. The van der Waals surface area contributed by atoms with E-state index in [1.165, 1.54) is 18.2 Å². The second-order valence-corrected chi connectivity index (χ2v) is 4.11. The van der Waals surface area contributed by atoms with Crippen LogP contribution < -0.4 is 0 Å². The van der Waals surface area contributed by atoms with Gasteiger partial charge in [0.1, 0.15) is 17.2 Å². The Labute approximate surface area is 99.6 Å². The van der Waals surface area contributed by atoms with Crippen molar-refractivity contribution in [3.63, 3.8) is 0 Å². The standard InChI is InChI=1S/C14H14O3/c1-8-6-10(7-13(17)9(8)2)14-11(15)4-3-5-12(14)16/h3-7,15-17H,1-2H3. The van der Waals surface area contributed by atoms with E-state index in [-0.39, 0.29) is 17.2 Å². The van der Waals surface area contributed by atoms with Crippen LogP contribution in [0.4, 0.5) is 0 Å². The summed E-state index contributed by atoms with van der Waals surface area (Å²) in [5.74, 6) is 0.142. The molecule has 0 aliphatic rings. The quantitative estimate of drug-likeness (QED) is 0.705. The molecule has 0 atom stereocenters. The van der Waals surface area contributed by atoms with Crippen molar-refractivity contribution in [3.05, 3.63) is 41.5 Å². The third kappa shape index (κ3) is 1.91. The fourth-order valence-corrected chi connectivity index (χ4v) is 1.81. The molecule has 0 aliphatic heterocycles. The number of phenols is 3. The molecule has 0 amide bonds. The second-order valence-electron chi connectivity index (χ2n) is 4.11. The molecule has 88 valence electrons. The van der Waals surface area contributed by atoms with E-state index in [4.69, 9.17) is 0 Å². The van der Waals surface area contributed by atoms with Gasteiger partial charge in [-0.05, 0) is 48.7 Å². The van der Waals surface area contributed by atoms with Gasteiger partial charge in [0.05, 0.1) is 5.56 Å². The molecule has 0 aliphatic carbocycles. The number of benzene rings is 2. The number of aryl methyl sites for hydroxylation is 1. The molecule has 0 bridgehead atoms. The molecule has 0 aromatic heterocycles. The molecular formula is C14H14O3. The maximum Gasteiger partial charge on any atom is 0.127 e. The van der Waals surface area contributed by atoms with Gasteiger partial charge in [0, 0.05) is 0 Å². The molecule has 17 heavy (non-hydrogen) atoms. The van der Waals surface area contributed by atoms with Crippen LogP contribution in [0.1, 0.15) is 11.1 Å². The van der Waals surface area contributed by atoms with Crippen LogP contribution in [0, 0.1) is 13.8 Å². The molecule has 0 fully saturated rings. The summed E-state index contributed by atoms with van der Waals surface area (Å²) in [6.07, 6.45) is 0. The average Bonchev–Trinajstić information content (AvgIpc) is 2.25. The number of aromatic hydroxyl groups is 3. The molecule has 3 N–H and O–H groups in total. The molecule has 0 radical (unpaired) electrons. The molecule has 0 unspecified atom stereocenters. The Hall–Kier alpha value is -2.16. The lowest BCUT2D eigenvalue weighted by Gasteiger charge is -2.11. The van der Waals surface area contributed by atoms with Crippen LogP contribution in [0.15, 0.2) is 30.3 Å². The minimum atomic E-state index is -0.00680. The molecule has 0 spiro atoms. The summed E-state index contributed by atoms with van der Waals surface area (Å²) < 4.78 is 0. The first-order chi connectivity index (χ1) is 8.00. The van der Waals surface area contributed by atoms with E-state index < -0.39 is 0 Å². The Kier molecular flexibility index (Phi) is 2.68. The number of rotatable bonds is 1. The van der Waals surface area contributed by atoms with Crippen molar-refractivity contribution in [1.82, 2.24) is 0 Å². The van der Waals surface area contributed by atoms with E-state index in [2.05, 4.69) is 0 Å². The van der Waals surface area contributed by atoms with Gasteiger partial charge in [-0.3, -0.25) is 0 Å². The zero-order valence-corrected chi connectivity index (χ0v) is 9.73. The Morgan fingerprint density at radius 2 is 1.41 bits per heavy atom. The van der Waals surface area contributed by atoms with E-state index in [1.54, 1.807) is 6.07 Å². The molecule has 2 aromatic rings. The van der Waals surface area contributed by atoms with E-state index in [1.807, 2.05) is 19.9 Å². The molecular weight excluding hydrogens is 216 g/mol. The van der Waals surface area contributed by atoms with Crippen LogP contribution in [-0.2, 0) is 0 Å². The van der Waals surface area contributed by atoms with Crippen LogP contribution in [0.5, 0.6) is 17.2 Å². The van der Waals surface area contributed by atoms with Crippen molar-refractivity contribution in [2.45, 2.75) is 13.8 Å². The summed E-state index contributed by atoms with van der Waals surface area (Å²) in [5.41, 5.74) is 2.64. The summed E-state index contributed by atoms with van der Waals surface area (Å²) in [5, 5.41) is 29.3. The first-order valence-electron chi connectivity index (χ1n) is 5.32. The maximum absolute atomic E-state index is 9.76. The van der Waals surface area contributed by atoms with Crippen LogP contribution in [0.2, 0.25) is 0 Å². The van der Waals surface area contributed by atoms with E-state index >= 15 is 0 Å². The lowest BCUT2D eigenvalue weighted by molar-refractivity contribution is 0.454. The molecule has 3 nitrogen and oxygen atoms in total. The molecule has 2 rings (SSSR count). The summed E-state index contributed by atoms with van der Waals surface area (Å²) in [6, 6.07) is 7.93. The van der Waals surface area contributed by atoms with Gasteiger partial charge < -0.3 is 15.3 Å². The van der Waals surface area contributed by atoms with Gasteiger partial charge in [0.2, 0.25) is 0 Å². The van der Waals surface area contributed by atoms with Crippen LogP contribution >= 0.6 is 0 Å². The van der Waals surface area contributed by atoms with E-state index in [9.17, 15) is 15.3 Å². The molecule has 2 aromatic carbocycles. The van der Waals surface area contributed by atoms with Crippen molar-refractivity contribution >= 4 is 0 Å². The largest absolute Gasteiger partial charge is 0.508 e. The van der Waals surface area contributed by atoms with Gasteiger partial charge >= 0.3 is 0 Å². The van der Waals surface area contributed by atoms with Gasteiger partial charge in [0.15, 0.2) is 0 Å². The lowest BCUT2D eigenvalue weighted by Crippen LogP contribution is -1.86. The first-order valence-corrected chi connectivity index (χ1v) is 5.32. The highest BCUT2D eigenvalue weighted by Crippen LogP contribution is 2.39. The SMILES string of the molecule is Cc1cc(-c2c(O)cccc2O)cc(O)c1C. The lowest BCUT2D eigenvalue weighted by atomic mass is 9.98. The summed E-state index contributed by atoms with van der Waals surface area (Å²) >= 11 is 0.